The molecule has 6 heteroatoms. The highest BCUT2D eigenvalue weighted by atomic mass is 31.1. The van der Waals surface area contributed by atoms with Crippen LogP contribution in [0.3, 0.4) is 0 Å². The first-order valence-corrected chi connectivity index (χ1v) is 9.14. The minimum absolute atomic E-state index is 0.0505. The average Bonchev–Trinajstić information content (AvgIpc) is 2.61. The highest BCUT2D eigenvalue weighted by molar-refractivity contribution is 7.32. The second-order valence-corrected chi connectivity index (χ2v) is 5.89. The van der Waals surface area contributed by atoms with Crippen molar-refractivity contribution in [2.24, 2.45) is 0 Å². The summed E-state index contributed by atoms with van der Waals surface area (Å²) in [6.45, 7) is 4.41. The zero-order valence-electron chi connectivity index (χ0n) is 14.0. The predicted molar refractivity (Wildman–Crippen MR) is 97.4 cm³/mol. The minimum Gasteiger partial charge on any atom is -0.326 e. The van der Waals surface area contributed by atoms with E-state index in [4.69, 9.17) is 4.89 Å². The Hall–Kier alpha value is -1.94. The quantitative estimate of drug-likeness (QED) is 0.745. The number of para-hydroxylation sites is 1. The molecule has 0 bridgehead atoms. The molecule has 2 aromatic carbocycles. The van der Waals surface area contributed by atoms with Crippen LogP contribution in [0.4, 0.5) is 5.69 Å². The lowest BCUT2D eigenvalue weighted by Crippen LogP contribution is -2.11. The standard InChI is InChI=1S/C14H14NO4P.C4H10/c16-14(15-13-4-2-1-3-5-13)12-8-6-11(7-9-12)10-19-20(17)18;1-3-4-2/h1-9,20H,10H2,(H,15,16)(H,17,18);3-4H2,1-2H3. The molecule has 5 nitrogen and oxygen atoms in total. The maximum absolute atomic E-state index is 12.0. The fourth-order valence-corrected chi connectivity index (χ4v) is 1.91. The van der Waals surface area contributed by atoms with Crippen LogP contribution in [0.5, 0.6) is 0 Å². The van der Waals surface area contributed by atoms with E-state index >= 15 is 0 Å². The maximum Gasteiger partial charge on any atom is 0.316 e. The lowest BCUT2D eigenvalue weighted by molar-refractivity contribution is 0.102. The molecule has 0 aliphatic carbocycles. The molecule has 1 amide bonds. The van der Waals surface area contributed by atoms with Crippen molar-refractivity contribution < 1.29 is 18.8 Å². The fraction of sp³-hybridized carbons (Fsp3) is 0.278. The highest BCUT2D eigenvalue weighted by Crippen LogP contribution is 2.18. The number of anilines is 1. The smallest absolute Gasteiger partial charge is 0.316 e. The van der Waals surface area contributed by atoms with Gasteiger partial charge in [-0.3, -0.25) is 9.36 Å². The molecule has 2 N–H and O–H groups in total. The van der Waals surface area contributed by atoms with Crippen LogP contribution in [0.1, 0.15) is 42.6 Å². The lowest BCUT2D eigenvalue weighted by atomic mass is 10.1. The number of carbonyl (C=O) groups excluding carboxylic acids is 1. The summed E-state index contributed by atoms with van der Waals surface area (Å²) >= 11 is 0. The topological polar surface area (TPSA) is 75.6 Å². The Kier molecular flexibility index (Phi) is 9.70. The van der Waals surface area contributed by atoms with Crippen LogP contribution in [-0.2, 0) is 15.7 Å². The van der Waals surface area contributed by atoms with Gasteiger partial charge in [-0.1, -0.05) is 57.0 Å². The van der Waals surface area contributed by atoms with Crippen molar-refractivity contribution in [3.63, 3.8) is 0 Å². The predicted octanol–water partition coefficient (Wildman–Crippen LogP) is 4.64. The zero-order valence-corrected chi connectivity index (χ0v) is 15.0. The van der Waals surface area contributed by atoms with E-state index < -0.39 is 8.25 Å². The molecule has 0 fully saturated rings. The second kappa shape index (κ2) is 11.6. The first-order valence-electron chi connectivity index (χ1n) is 7.87. The summed E-state index contributed by atoms with van der Waals surface area (Å²) in [5, 5.41) is 2.77. The van der Waals surface area contributed by atoms with Crippen LogP contribution in [0, 0.1) is 0 Å². The van der Waals surface area contributed by atoms with Gasteiger partial charge in [-0.15, -0.1) is 0 Å². The van der Waals surface area contributed by atoms with E-state index in [0.717, 1.165) is 11.3 Å². The van der Waals surface area contributed by atoms with Gasteiger partial charge >= 0.3 is 8.25 Å². The molecule has 1 unspecified atom stereocenters. The molecule has 0 aromatic heterocycles. The summed E-state index contributed by atoms with van der Waals surface area (Å²) in [4.78, 5) is 20.5. The largest absolute Gasteiger partial charge is 0.326 e. The maximum atomic E-state index is 12.0. The number of nitrogens with one attached hydrogen (secondary N) is 1. The first kappa shape index (κ1) is 20.1. The monoisotopic (exact) mass is 349 g/mol. The van der Waals surface area contributed by atoms with Gasteiger partial charge in [0, 0.05) is 11.3 Å². The Morgan fingerprint density at radius 2 is 1.62 bits per heavy atom. The summed E-state index contributed by atoms with van der Waals surface area (Å²) in [6, 6.07) is 15.8. The SMILES string of the molecule is CCCC.O=C(Nc1ccccc1)c1ccc(CO[PH](=O)O)cc1. The Balaban J connectivity index is 0.000000648. The van der Waals surface area contributed by atoms with Gasteiger partial charge in [-0.05, 0) is 29.8 Å². The molecule has 2 aromatic rings. The van der Waals surface area contributed by atoms with E-state index in [0.29, 0.717) is 5.56 Å². The Bertz CT molecular complexity index is 627. The van der Waals surface area contributed by atoms with E-state index in [1.807, 2.05) is 18.2 Å². The van der Waals surface area contributed by atoms with Gasteiger partial charge in [0.15, 0.2) is 0 Å². The number of carbonyl (C=O) groups is 1. The van der Waals surface area contributed by atoms with Gasteiger partial charge in [-0.2, -0.15) is 0 Å². The van der Waals surface area contributed by atoms with Gasteiger partial charge in [0.05, 0.1) is 6.61 Å². The van der Waals surface area contributed by atoms with Gasteiger partial charge in [0.2, 0.25) is 0 Å². The van der Waals surface area contributed by atoms with Crippen LogP contribution in [0.25, 0.3) is 0 Å². The van der Waals surface area contributed by atoms with Gasteiger partial charge in [0.25, 0.3) is 5.91 Å². The third kappa shape index (κ3) is 8.06. The van der Waals surface area contributed by atoms with Crippen LogP contribution < -0.4 is 5.32 Å². The number of hydrogen-bond donors (Lipinski definition) is 2. The van der Waals surface area contributed by atoms with Crippen LogP contribution in [0.15, 0.2) is 54.6 Å². The van der Waals surface area contributed by atoms with Crippen LogP contribution in [0.2, 0.25) is 0 Å². The van der Waals surface area contributed by atoms with Crippen molar-refractivity contribution in [1.29, 1.82) is 0 Å². The molecule has 0 aliphatic rings. The molecule has 130 valence electrons. The van der Waals surface area contributed by atoms with E-state index in [-0.39, 0.29) is 12.5 Å². The third-order valence-corrected chi connectivity index (χ3v) is 3.50. The molecule has 24 heavy (non-hydrogen) atoms. The molecule has 0 heterocycles. The summed E-state index contributed by atoms with van der Waals surface area (Å²) in [5.74, 6) is -0.209. The Labute approximate surface area is 143 Å². The van der Waals surface area contributed by atoms with Crippen LogP contribution in [-0.4, -0.2) is 10.8 Å². The Morgan fingerprint density at radius 1 is 1.04 bits per heavy atom. The molecule has 1 atom stereocenters. The van der Waals surface area contributed by atoms with Crippen molar-refractivity contribution >= 4 is 19.8 Å². The van der Waals surface area contributed by atoms with Crippen LogP contribution >= 0.6 is 8.25 Å². The van der Waals surface area contributed by atoms with Gasteiger partial charge < -0.3 is 14.7 Å². The summed E-state index contributed by atoms with van der Waals surface area (Å²) < 4.78 is 15.1. The van der Waals surface area contributed by atoms with Crippen molar-refractivity contribution in [3.05, 3.63) is 65.7 Å². The number of benzene rings is 2. The molecule has 0 saturated carbocycles. The van der Waals surface area contributed by atoms with Crippen molar-refractivity contribution in [1.82, 2.24) is 0 Å². The molecular formula is C18H24NO4P. The molecule has 2 rings (SSSR count). The minimum atomic E-state index is -2.93. The van der Waals surface area contributed by atoms with E-state index in [1.165, 1.54) is 12.8 Å². The van der Waals surface area contributed by atoms with Crippen molar-refractivity contribution in [2.75, 3.05) is 5.32 Å². The number of amides is 1. The summed E-state index contributed by atoms with van der Waals surface area (Å²) in [7, 11) is -2.93. The fourth-order valence-electron chi connectivity index (χ4n) is 1.62. The summed E-state index contributed by atoms with van der Waals surface area (Å²) in [6.07, 6.45) is 2.64. The number of rotatable bonds is 6. The normalized spacial score (nSPS) is 11.1. The molecule has 0 spiro atoms. The highest BCUT2D eigenvalue weighted by Gasteiger charge is 2.06. The van der Waals surface area contributed by atoms with E-state index in [2.05, 4.69) is 23.7 Å². The average molecular weight is 349 g/mol. The molecule has 0 radical (unpaired) electrons. The number of hydrogen-bond acceptors (Lipinski definition) is 3. The van der Waals surface area contributed by atoms with E-state index in [9.17, 15) is 9.36 Å². The van der Waals surface area contributed by atoms with Gasteiger partial charge in [-0.25, -0.2) is 0 Å². The molecule has 0 aliphatic heterocycles. The number of unbranched alkanes of at least 4 members (excludes halogenated alkanes) is 1. The molecule has 0 saturated heterocycles. The lowest BCUT2D eigenvalue weighted by Gasteiger charge is -2.06. The Morgan fingerprint density at radius 3 is 2.12 bits per heavy atom. The van der Waals surface area contributed by atoms with Crippen molar-refractivity contribution in [3.8, 4) is 0 Å². The van der Waals surface area contributed by atoms with Crippen molar-refractivity contribution in [2.45, 2.75) is 33.3 Å². The van der Waals surface area contributed by atoms with Gasteiger partial charge in [0.1, 0.15) is 0 Å². The second-order valence-electron chi connectivity index (χ2n) is 5.07. The molecular weight excluding hydrogens is 325 g/mol. The first-order chi connectivity index (χ1) is 11.6. The third-order valence-electron chi connectivity index (χ3n) is 3.11. The zero-order chi connectivity index (χ0) is 17.8. The summed E-state index contributed by atoms with van der Waals surface area (Å²) in [5.41, 5.74) is 1.96. The van der Waals surface area contributed by atoms with E-state index in [1.54, 1.807) is 36.4 Å².